The molecule has 0 amide bonds. The minimum absolute atomic E-state index is 0.196. The number of halogens is 1. The van der Waals surface area contributed by atoms with E-state index in [1.165, 1.54) is 6.42 Å². The van der Waals surface area contributed by atoms with Crippen molar-refractivity contribution in [3.63, 3.8) is 0 Å². The Labute approximate surface area is 98.3 Å². The van der Waals surface area contributed by atoms with Crippen LogP contribution in [0, 0.1) is 0 Å². The van der Waals surface area contributed by atoms with Gasteiger partial charge >= 0.3 is 0 Å². The van der Waals surface area contributed by atoms with Gasteiger partial charge in [0.1, 0.15) is 0 Å². The summed E-state index contributed by atoms with van der Waals surface area (Å²) in [7, 11) is 0. The third-order valence-corrected chi connectivity index (χ3v) is 3.22. The lowest BCUT2D eigenvalue weighted by Crippen LogP contribution is -2.06. The molecule has 2 rings (SSSR count). The summed E-state index contributed by atoms with van der Waals surface area (Å²) in [4.78, 5) is 12.0. The monoisotopic (exact) mass is 264 g/mol. The second kappa shape index (κ2) is 4.75. The van der Waals surface area contributed by atoms with Gasteiger partial charge in [-0.1, -0.05) is 22.0 Å². The van der Waals surface area contributed by atoms with Crippen molar-refractivity contribution < 1.29 is 4.79 Å². The first kappa shape index (κ1) is 10.6. The average Bonchev–Trinajstić information content (AvgIpc) is 2.30. The van der Waals surface area contributed by atoms with Crippen LogP contribution in [-0.2, 0) is 0 Å². The molecule has 0 saturated heterocycles. The van der Waals surface area contributed by atoms with Crippen LogP contribution in [0.5, 0.6) is 0 Å². The maximum atomic E-state index is 12.0. The highest BCUT2D eigenvalue weighted by Gasteiger charge is 2.13. The third kappa shape index (κ3) is 2.57. The molecule has 0 spiro atoms. The van der Waals surface area contributed by atoms with Crippen molar-refractivity contribution >= 4 is 21.7 Å². The second-order valence-corrected chi connectivity index (χ2v) is 4.73. The minimum atomic E-state index is 0.196. The fraction of sp³-hybridized carbons (Fsp3) is 0.308. The van der Waals surface area contributed by atoms with Crippen LogP contribution in [0.15, 0.2) is 40.4 Å². The maximum Gasteiger partial charge on any atom is 0.188 e. The number of hydrogen-bond donors (Lipinski definition) is 0. The van der Waals surface area contributed by atoms with Crippen molar-refractivity contribution in [2.45, 2.75) is 25.7 Å². The molecule has 1 aromatic rings. The Morgan fingerprint density at radius 2 is 1.87 bits per heavy atom. The Balaban J connectivity index is 2.20. The molecule has 1 aliphatic carbocycles. The zero-order chi connectivity index (χ0) is 10.7. The molecule has 0 N–H and O–H groups in total. The van der Waals surface area contributed by atoms with Gasteiger partial charge in [0.2, 0.25) is 0 Å². The molecule has 0 bridgehead atoms. The Morgan fingerprint density at radius 1 is 1.13 bits per heavy atom. The number of hydrogen-bond acceptors (Lipinski definition) is 1. The Bertz CT molecular complexity index is 390. The van der Waals surface area contributed by atoms with Crippen LogP contribution >= 0.6 is 15.9 Å². The Morgan fingerprint density at radius 3 is 2.47 bits per heavy atom. The average molecular weight is 265 g/mol. The van der Waals surface area contributed by atoms with Crippen molar-refractivity contribution in [1.82, 2.24) is 0 Å². The molecule has 1 aliphatic rings. The zero-order valence-electron chi connectivity index (χ0n) is 8.50. The van der Waals surface area contributed by atoms with Gasteiger partial charge in [0.15, 0.2) is 5.78 Å². The van der Waals surface area contributed by atoms with E-state index in [0.717, 1.165) is 34.9 Å². The topological polar surface area (TPSA) is 17.1 Å². The minimum Gasteiger partial charge on any atom is -0.289 e. The van der Waals surface area contributed by atoms with E-state index in [4.69, 9.17) is 0 Å². The smallest absolute Gasteiger partial charge is 0.188 e. The van der Waals surface area contributed by atoms with E-state index in [9.17, 15) is 4.79 Å². The molecule has 0 radical (unpaired) electrons. The van der Waals surface area contributed by atoms with Gasteiger partial charge in [0, 0.05) is 10.0 Å². The van der Waals surface area contributed by atoms with E-state index in [-0.39, 0.29) is 5.78 Å². The molecule has 1 aromatic carbocycles. The Kier molecular flexibility index (Phi) is 3.37. The van der Waals surface area contributed by atoms with E-state index in [1.807, 2.05) is 24.3 Å². The van der Waals surface area contributed by atoms with Crippen LogP contribution in [-0.4, -0.2) is 5.78 Å². The second-order valence-electron chi connectivity index (χ2n) is 3.81. The largest absolute Gasteiger partial charge is 0.289 e. The van der Waals surface area contributed by atoms with Crippen LogP contribution < -0.4 is 0 Å². The lowest BCUT2D eigenvalue weighted by molar-refractivity contribution is 0.102. The summed E-state index contributed by atoms with van der Waals surface area (Å²) < 4.78 is 1.01. The maximum absolute atomic E-state index is 12.0. The first-order chi connectivity index (χ1) is 7.27. The number of Topliss-reactive ketones (excluding diaryl/α,β-unsaturated/α-hetero) is 1. The first-order valence-corrected chi connectivity index (χ1v) is 6.06. The van der Waals surface area contributed by atoms with E-state index in [0.29, 0.717) is 0 Å². The molecule has 0 aromatic heterocycles. The van der Waals surface area contributed by atoms with Gasteiger partial charge in [-0.25, -0.2) is 0 Å². The third-order valence-electron chi connectivity index (χ3n) is 2.69. The van der Waals surface area contributed by atoms with Gasteiger partial charge in [-0.15, -0.1) is 0 Å². The van der Waals surface area contributed by atoms with Gasteiger partial charge in [-0.2, -0.15) is 0 Å². The molecular weight excluding hydrogens is 252 g/mol. The van der Waals surface area contributed by atoms with Crippen molar-refractivity contribution in [3.05, 3.63) is 46.0 Å². The van der Waals surface area contributed by atoms with E-state index >= 15 is 0 Å². The summed E-state index contributed by atoms with van der Waals surface area (Å²) in [5.74, 6) is 0.196. The predicted octanol–water partition coefficient (Wildman–Crippen LogP) is 4.13. The summed E-state index contributed by atoms with van der Waals surface area (Å²) in [6, 6.07) is 7.58. The number of rotatable bonds is 2. The van der Waals surface area contributed by atoms with E-state index in [2.05, 4.69) is 22.0 Å². The molecule has 0 saturated carbocycles. The van der Waals surface area contributed by atoms with Crippen molar-refractivity contribution in [2.75, 3.05) is 0 Å². The van der Waals surface area contributed by atoms with Crippen LogP contribution in [0.1, 0.15) is 36.0 Å². The summed E-state index contributed by atoms with van der Waals surface area (Å²) >= 11 is 3.36. The molecule has 0 heterocycles. The highest BCUT2D eigenvalue weighted by Crippen LogP contribution is 2.22. The van der Waals surface area contributed by atoms with Crippen LogP contribution in [0.3, 0.4) is 0 Å². The normalized spacial score (nSPS) is 15.9. The molecule has 0 fully saturated rings. The van der Waals surface area contributed by atoms with Crippen LogP contribution in [0.2, 0.25) is 0 Å². The molecule has 78 valence electrons. The van der Waals surface area contributed by atoms with Gasteiger partial charge in [0.25, 0.3) is 0 Å². The molecule has 0 unspecified atom stereocenters. The van der Waals surface area contributed by atoms with E-state index in [1.54, 1.807) is 0 Å². The van der Waals surface area contributed by atoms with Crippen molar-refractivity contribution in [1.29, 1.82) is 0 Å². The molecule has 2 heteroatoms. The lowest BCUT2D eigenvalue weighted by Gasteiger charge is -2.11. The van der Waals surface area contributed by atoms with Crippen LogP contribution in [0.4, 0.5) is 0 Å². The fourth-order valence-corrected chi connectivity index (χ4v) is 2.10. The van der Waals surface area contributed by atoms with Gasteiger partial charge < -0.3 is 0 Å². The summed E-state index contributed by atoms with van der Waals surface area (Å²) in [5.41, 5.74) is 1.79. The van der Waals surface area contributed by atoms with Gasteiger partial charge in [-0.3, -0.25) is 4.79 Å². The van der Waals surface area contributed by atoms with Gasteiger partial charge in [0.05, 0.1) is 0 Å². The predicted molar refractivity (Wildman–Crippen MR) is 65.0 cm³/mol. The summed E-state index contributed by atoms with van der Waals surface area (Å²) in [6.45, 7) is 0. The zero-order valence-corrected chi connectivity index (χ0v) is 10.1. The van der Waals surface area contributed by atoms with Crippen molar-refractivity contribution in [2.24, 2.45) is 0 Å². The standard InChI is InChI=1S/C13H13BrO/c14-12-8-6-11(7-9-12)13(15)10-4-2-1-3-5-10/h4,6-9H,1-3,5H2. The summed E-state index contributed by atoms with van der Waals surface area (Å²) in [6.07, 6.45) is 6.45. The molecule has 0 atom stereocenters. The number of carbonyl (C=O) groups excluding carboxylic acids is 1. The molecule has 1 nitrogen and oxygen atoms in total. The quantitative estimate of drug-likeness (QED) is 0.735. The fourth-order valence-electron chi connectivity index (χ4n) is 1.83. The summed E-state index contributed by atoms with van der Waals surface area (Å²) in [5, 5.41) is 0. The number of benzene rings is 1. The molecule has 0 aliphatic heterocycles. The number of ketones is 1. The highest BCUT2D eigenvalue weighted by atomic mass is 79.9. The van der Waals surface area contributed by atoms with E-state index < -0.39 is 0 Å². The number of allylic oxidation sites excluding steroid dienone is 2. The molecular formula is C13H13BrO. The highest BCUT2D eigenvalue weighted by molar-refractivity contribution is 9.10. The SMILES string of the molecule is O=C(C1=CCCCC1)c1ccc(Br)cc1. The van der Waals surface area contributed by atoms with Crippen LogP contribution in [0.25, 0.3) is 0 Å². The Hall–Kier alpha value is -0.890. The lowest BCUT2D eigenvalue weighted by atomic mass is 9.93. The van der Waals surface area contributed by atoms with Gasteiger partial charge in [-0.05, 0) is 55.5 Å². The molecule has 15 heavy (non-hydrogen) atoms. The van der Waals surface area contributed by atoms with Crippen molar-refractivity contribution in [3.8, 4) is 0 Å². The first-order valence-electron chi connectivity index (χ1n) is 5.26. The number of carbonyl (C=O) groups is 1.